The fourth-order valence-electron chi connectivity index (χ4n) is 1.68. The SMILES string of the molecule is C1#CC([SiH2]C#Cc2ccccc2)CCC1. The lowest BCUT2D eigenvalue weighted by Crippen LogP contribution is -2.02. The molecule has 0 aliphatic heterocycles. The van der Waals surface area contributed by atoms with Crippen LogP contribution >= 0.6 is 0 Å². The maximum Gasteiger partial charge on any atom is 0.122 e. The third kappa shape index (κ3) is 3.31. The number of benzene rings is 1. The van der Waals surface area contributed by atoms with E-state index in [4.69, 9.17) is 0 Å². The molecule has 15 heavy (non-hydrogen) atoms. The van der Waals surface area contributed by atoms with Crippen molar-refractivity contribution in [2.75, 3.05) is 0 Å². The van der Waals surface area contributed by atoms with Crippen LogP contribution in [0.15, 0.2) is 30.3 Å². The maximum atomic E-state index is 3.36. The van der Waals surface area contributed by atoms with Gasteiger partial charge in [0.2, 0.25) is 0 Å². The fourth-order valence-corrected chi connectivity index (χ4v) is 2.97. The van der Waals surface area contributed by atoms with Gasteiger partial charge in [0.25, 0.3) is 0 Å². The van der Waals surface area contributed by atoms with E-state index >= 15 is 0 Å². The van der Waals surface area contributed by atoms with Gasteiger partial charge in [0.05, 0.1) is 0 Å². The van der Waals surface area contributed by atoms with Gasteiger partial charge in [-0.25, -0.2) is 0 Å². The van der Waals surface area contributed by atoms with Crippen LogP contribution in [0.4, 0.5) is 0 Å². The molecule has 0 spiro atoms. The molecule has 0 saturated carbocycles. The first-order valence-corrected chi connectivity index (χ1v) is 7.00. The van der Waals surface area contributed by atoms with Gasteiger partial charge in [0.1, 0.15) is 9.52 Å². The van der Waals surface area contributed by atoms with Gasteiger partial charge in [-0.1, -0.05) is 24.1 Å². The van der Waals surface area contributed by atoms with E-state index in [-0.39, 0.29) is 9.52 Å². The second kappa shape index (κ2) is 5.44. The van der Waals surface area contributed by atoms with Crippen LogP contribution in [0.1, 0.15) is 24.8 Å². The highest BCUT2D eigenvalue weighted by Crippen LogP contribution is 2.15. The fraction of sp³-hybridized carbons (Fsp3) is 0.286. The van der Waals surface area contributed by atoms with Gasteiger partial charge in [-0.05, 0) is 25.0 Å². The third-order valence-electron chi connectivity index (χ3n) is 2.52. The Hall–Kier alpha value is -1.44. The predicted octanol–water partition coefficient (Wildman–Crippen LogP) is 2.14. The molecule has 1 unspecified atom stereocenters. The van der Waals surface area contributed by atoms with Gasteiger partial charge in [0.15, 0.2) is 0 Å². The van der Waals surface area contributed by atoms with E-state index in [2.05, 4.69) is 35.4 Å². The van der Waals surface area contributed by atoms with E-state index in [1.807, 2.05) is 18.2 Å². The Morgan fingerprint density at radius 2 is 2.13 bits per heavy atom. The van der Waals surface area contributed by atoms with Crippen LogP contribution in [0.5, 0.6) is 0 Å². The van der Waals surface area contributed by atoms with Gasteiger partial charge in [-0.2, -0.15) is 0 Å². The summed E-state index contributed by atoms with van der Waals surface area (Å²) in [7, 11) is -0.313. The lowest BCUT2D eigenvalue weighted by Gasteiger charge is -2.07. The van der Waals surface area contributed by atoms with Crippen LogP contribution in [-0.4, -0.2) is 9.52 Å². The average molecular weight is 210 g/mol. The second-order valence-electron chi connectivity index (χ2n) is 3.78. The highest BCUT2D eigenvalue weighted by atomic mass is 28.2. The molecule has 0 amide bonds. The summed E-state index contributed by atoms with van der Waals surface area (Å²) in [5, 5.41) is 0. The zero-order chi connectivity index (χ0) is 10.3. The van der Waals surface area contributed by atoms with Crippen molar-refractivity contribution in [3.63, 3.8) is 0 Å². The Labute approximate surface area is 93.9 Å². The monoisotopic (exact) mass is 210 g/mol. The summed E-state index contributed by atoms with van der Waals surface area (Å²) >= 11 is 0. The topological polar surface area (TPSA) is 0 Å². The molecule has 1 aliphatic rings. The normalized spacial score (nSPS) is 19.1. The van der Waals surface area contributed by atoms with Gasteiger partial charge in [0, 0.05) is 17.5 Å². The lowest BCUT2D eigenvalue weighted by atomic mass is 10.1. The van der Waals surface area contributed by atoms with Crippen molar-refractivity contribution in [3.05, 3.63) is 35.9 Å². The Balaban J connectivity index is 1.92. The Bertz CT molecular complexity index is 425. The van der Waals surface area contributed by atoms with Gasteiger partial charge in [-0.15, -0.1) is 17.4 Å². The standard InChI is InChI=1S/C14H14Si/c1-3-7-13(8-4-1)11-12-15-14-9-5-2-6-10-14/h1,3-4,7-8,14H,2,5,9,15H2. The number of hydrogen-bond acceptors (Lipinski definition) is 0. The Morgan fingerprint density at radius 3 is 2.87 bits per heavy atom. The van der Waals surface area contributed by atoms with Gasteiger partial charge in [-0.3, -0.25) is 0 Å². The van der Waals surface area contributed by atoms with E-state index in [0.717, 1.165) is 12.0 Å². The molecule has 1 atom stereocenters. The zero-order valence-corrected chi connectivity index (χ0v) is 10.2. The quantitative estimate of drug-likeness (QED) is 0.492. The van der Waals surface area contributed by atoms with Crippen LogP contribution in [-0.2, 0) is 0 Å². The first-order valence-electron chi connectivity index (χ1n) is 5.47. The van der Waals surface area contributed by atoms with E-state index in [9.17, 15) is 0 Å². The number of hydrogen-bond donors (Lipinski definition) is 0. The first-order chi connectivity index (χ1) is 7.45. The minimum atomic E-state index is -0.313. The molecule has 1 aromatic rings. The second-order valence-corrected chi connectivity index (χ2v) is 5.53. The Morgan fingerprint density at radius 1 is 1.27 bits per heavy atom. The van der Waals surface area contributed by atoms with Crippen LogP contribution in [0, 0.1) is 23.3 Å². The molecule has 0 saturated heterocycles. The molecule has 0 heterocycles. The Kier molecular flexibility index (Phi) is 3.66. The van der Waals surface area contributed by atoms with Crippen LogP contribution in [0.25, 0.3) is 0 Å². The zero-order valence-electron chi connectivity index (χ0n) is 8.79. The molecule has 1 aliphatic carbocycles. The summed E-state index contributed by atoms with van der Waals surface area (Å²) in [6.45, 7) is 0. The van der Waals surface area contributed by atoms with E-state index in [1.165, 1.54) is 12.8 Å². The molecule has 0 aromatic heterocycles. The molecule has 0 fully saturated rings. The summed E-state index contributed by atoms with van der Waals surface area (Å²) in [5.74, 6) is 9.75. The predicted molar refractivity (Wildman–Crippen MR) is 67.2 cm³/mol. The van der Waals surface area contributed by atoms with Gasteiger partial charge >= 0.3 is 0 Å². The first kappa shape index (κ1) is 10.1. The smallest absolute Gasteiger partial charge is 0.122 e. The summed E-state index contributed by atoms with van der Waals surface area (Å²) in [5.41, 5.74) is 5.14. The minimum Gasteiger partial charge on any atom is -0.133 e. The van der Waals surface area contributed by atoms with Crippen molar-refractivity contribution < 1.29 is 0 Å². The highest BCUT2D eigenvalue weighted by molar-refractivity contribution is 6.49. The van der Waals surface area contributed by atoms with Crippen molar-refractivity contribution in [3.8, 4) is 23.3 Å². The van der Waals surface area contributed by atoms with Crippen molar-refractivity contribution in [2.45, 2.75) is 24.8 Å². The third-order valence-corrected chi connectivity index (χ3v) is 4.00. The van der Waals surface area contributed by atoms with Crippen molar-refractivity contribution in [1.82, 2.24) is 0 Å². The molecular formula is C14H14Si. The van der Waals surface area contributed by atoms with Crippen LogP contribution in [0.2, 0.25) is 5.54 Å². The van der Waals surface area contributed by atoms with Crippen molar-refractivity contribution in [1.29, 1.82) is 0 Å². The highest BCUT2D eigenvalue weighted by Gasteiger charge is 2.06. The van der Waals surface area contributed by atoms with Crippen LogP contribution in [0.3, 0.4) is 0 Å². The van der Waals surface area contributed by atoms with Gasteiger partial charge < -0.3 is 0 Å². The van der Waals surface area contributed by atoms with E-state index < -0.39 is 0 Å². The summed E-state index contributed by atoms with van der Waals surface area (Å²) < 4.78 is 0. The molecule has 0 N–H and O–H groups in total. The number of rotatable bonds is 1. The summed E-state index contributed by atoms with van der Waals surface area (Å²) in [6.07, 6.45) is 3.65. The minimum absolute atomic E-state index is 0.313. The van der Waals surface area contributed by atoms with Crippen LogP contribution < -0.4 is 0 Å². The molecule has 0 bridgehead atoms. The molecule has 1 heteroatoms. The van der Waals surface area contributed by atoms with E-state index in [1.54, 1.807) is 0 Å². The summed E-state index contributed by atoms with van der Waals surface area (Å²) in [4.78, 5) is 0. The molecule has 1 aromatic carbocycles. The van der Waals surface area contributed by atoms with Crippen molar-refractivity contribution >= 4 is 9.52 Å². The molecule has 2 rings (SSSR count). The maximum absolute atomic E-state index is 3.36. The molecular weight excluding hydrogens is 196 g/mol. The molecule has 74 valence electrons. The average Bonchev–Trinajstić information content (AvgIpc) is 2.32. The molecule has 0 radical (unpaired) electrons. The largest absolute Gasteiger partial charge is 0.133 e. The lowest BCUT2D eigenvalue weighted by molar-refractivity contribution is 0.758. The van der Waals surface area contributed by atoms with Crippen molar-refractivity contribution in [2.24, 2.45) is 0 Å². The molecule has 0 nitrogen and oxygen atoms in total. The summed E-state index contributed by atoms with van der Waals surface area (Å²) in [6, 6.07) is 10.2. The van der Waals surface area contributed by atoms with E-state index in [0.29, 0.717) is 5.54 Å².